The van der Waals surface area contributed by atoms with Gasteiger partial charge in [-0.15, -0.1) is 0 Å². The highest BCUT2D eigenvalue weighted by atomic mass is 35.5. The van der Waals surface area contributed by atoms with Crippen LogP contribution in [0.5, 0.6) is 0 Å². The molecule has 0 fully saturated rings. The zero-order valence-corrected chi connectivity index (χ0v) is 16.2. The van der Waals surface area contributed by atoms with Crippen molar-refractivity contribution in [2.24, 2.45) is 0 Å². The molecule has 1 heterocycles. The Bertz CT molecular complexity index is 1070. The van der Waals surface area contributed by atoms with Crippen molar-refractivity contribution in [3.63, 3.8) is 0 Å². The molecule has 29 heavy (non-hydrogen) atoms. The minimum atomic E-state index is -0.661. The molecule has 0 N–H and O–H groups in total. The zero-order chi connectivity index (χ0) is 20.5. The third-order valence-corrected chi connectivity index (χ3v) is 5.17. The van der Waals surface area contributed by atoms with Gasteiger partial charge in [-0.05, 0) is 47.5 Å². The second-order valence-corrected chi connectivity index (χ2v) is 7.03. The van der Waals surface area contributed by atoms with E-state index in [-0.39, 0.29) is 11.8 Å². The van der Waals surface area contributed by atoms with Gasteiger partial charge in [-0.2, -0.15) is 0 Å². The van der Waals surface area contributed by atoms with Gasteiger partial charge in [-0.1, -0.05) is 48.0 Å². The summed E-state index contributed by atoms with van der Waals surface area (Å²) in [7, 11) is 1.31. The fourth-order valence-electron chi connectivity index (χ4n) is 3.50. The summed E-state index contributed by atoms with van der Waals surface area (Å²) < 4.78 is 4.74. The number of esters is 1. The van der Waals surface area contributed by atoms with Gasteiger partial charge < -0.3 is 4.74 Å². The van der Waals surface area contributed by atoms with E-state index < -0.39 is 12.0 Å². The Morgan fingerprint density at radius 3 is 1.79 bits per heavy atom. The molecule has 3 aromatic carbocycles. The number of fused-ring (bicyclic) bond motifs is 1. The SMILES string of the molecule is COC(=O)c1ccc(C(c2ccc(Cl)cc2)N2C(=O)c3ccccc3C2=O)cc1. The number of carbonyl (C=O) groups is 3. The Hall–Kier alpha value is -3.44. The van der Waals surface area contributed by atoms with Crippen molar-refractivity contribution in [3.8, 4) is 0 Å². The number of methoxy groups -OCH3 is 1. The van der Waals surface area contributed by atoms with Crippen molar-refractivity contribution in [3.05, 3.63) is 106 Å². The van der Waals surface area contributed by atoms with Gasteiger partial charge in [0.25, 0.3) is 11.8 Å². The maximum Gasteiger partial charge on any atom is 0.337 e. The van der Waals surface area contributed by atoms with Gasteiger partial charge in [0.1, 0.15) is 0 Å². The number of ether oxygens (including phenoxy) is 1. The van der Waals surface area contributed by atoms with Crippen molar-refractivity contribution in [1.29, 1.82) is 0 Å². The Labute approximate surface area is 172 Å². The van der Waals surface area contributed by atoms with Gasteiger partial charge in [0.05, 0.1) is 29.8 Å². The molecule has 0 aliphatic carbocycles. The van der Waals surface area contributed by atoms with Crippen LogP contribution in [0.1, 0.15) is 48.2 Å². The first-order chi connectivity index (χ1) is 14.0. The van der Waals surface area contributed by atoms with Gasteiger partial charge in [0.15, 0.2) is 0 Å². The minimum absolute atomic E-state index is 0.359. The van der Waals surface area contributed by atoms with Crippen LogP contribution < -0.4 is 0 Å². The van der Waals surface area contributed by atoms with E-state index in [1.165, 1.54) is 12.0 Å². The van der Waals surface area contributed by atoms with Crippen LogP contribution in [0.25, 0.3) is 0 Å². The molecule has 1 unspecified atom stereocenters. The summed E-state index contributed by atoms with van der Waals surface area (Å²) in [6, 6.07) is 19.8. The Kier molecular flexibility index (Phi) is 4.91. The number of carbonyl (C=O) groups excluding carboxylic acids is 3. The first-order valence-corrected chi connectivity index (χ1v) is 9.29. The lowest BCUT2D eigenvalue weighted by atomic mass is 9.96. The summed E-state index contributed by atoms with van der Waals surface area (Å²) in [6.07, 6.45) is 0. The predicted octanol–water partition coefficient (Wildman–Crippen LogP) is 4.51. The van der Waals surface area contributed by atoms with Crippen LogP contribution in [-0.2, 0) is 4.74 Å². The molecular weight excluding hydrogens is 390 g/mol. The van der Waals surface area contributed by atoms with Crippen molar-refractivity contribution in [2.75, 3.05) is 7.11 Å². The second kappa shape index (κ2) is 7.53. The summed E-state index contributed by atoms with van der Waals surface area (Å²) in [6.45, 7) is 0. The van der Waals surface area contributed by atoms with Gasteiger partial charge in [-0.3, -0.25) is 14.5 Å². The zero-order valence-electron chi connectivity index (χ0n) is 15.5. The average Bonchev–Trinajstić information content (AvgIpc) is 3.01. The fourth-order valence-corrected chi connectivity index (χ4v) is 3.62. The lowest BCUT2D eigenvalue weighted by Crippen LogP contribution is -2.34. The molecule has 0 bridgehead atoms. The number of nitrogens with zero attached hydrogens (tertiary/aromatic N) is 1. The quantitative estimate of drug-likeness (QED) is 0.473. The third kappa shape index (κ3) is 3.30. The molecule has 0 spiro atoms. The van der Waals surface area contributed by atoms with Gasteiger partial charge in [0, 0.05) is 5.02 Å². The van der Waals surface area contributed by atoms with Gasteiger partial charge in [-0.25, -0.2) is 4.79 Å². The summed E-state index contributed by atoms with van der Waals surface area (Å²) in [5, 5.41) is 0.552. The Morgan fingerprint density at radius 1 is 0.828 bits per heavy atom. The molecule has 1 aliphatic heterocycles. The topological polar surface area (TPSA) is 63.7 Å². The first-order valence-electron chi connectivity index (χ1n) is 8.92. The van der Waals surface area contributed by atoms with E-state index in [1.54, 1.807) is 72.8 Å². The monoisotopic (exact) mass is 405 g/mol. The standard InChI is InChI=1S/C23H16ClNO4/c1-29-23(28)16-8-6-14(7-9-16)20(15-10-12-17(24)13-11-15)25-21(26)18-4-2-3-5-19(18)22(25)27/h2-13,20H,1H3. The molecule has 1 atom stereocenters. The summed E-state index contributed by atoms with van der Waals surface area (Å²) in [4.78, 5) is 39.2. The van der Waals surface area contributed by atoms with Gasteiger partial charge in [0.2, 0.25) is 0 Å². The molecular formula is C23H16ClNO4. The number of rotatable bonds is 4. The molecule has 0 radical (unpaired) electrons. The number of benzene rings is 3. The summed E-state index contributed by atoms with van der Waals surface area (Å²) >= 11 is 6.03. The molecule has 1 aliphatic rings. The lowest BCUT2D eigenvalue weighted by Gasteiger charge is -2.27. The van der Waals surface area contributed by atoms with E-state index in [1.807, 2.05) is 0 Å². The first kappa shape index (κ1) is 18.9. The summed E-state index contributed by atoms with van der Waals surface area (Å²) in [5.74, 6) is -1.18. The van der Waals surface area contributed by atoms with Crippen molar-refractivity contribution in [2.45, 2.75) is 6.04 Å². The maximum absolute atomic E-state index is 13.1. The fraction of sp³-hybridized carbons (Fsp3) is 0.0870. The van der Waals surface area contributed by atoms with E-state index >= 15 is 0 Å². The molecule has 2 amide bonds. The van der Waals surface area contributed by atoms with Crippen molar-refractivity contribution < 1.29 is 19.1 Å². The second-order valence-electron chi connectivity index (χ2n) is 6.59. The predicted molar refractivity (Wildman–Crippen MR) is 108 cm³/mol. The van der Waals surface area contributed by atoms with E-state index in [9.17, 15) is 14.4 Å². The molecule has 144 valence electrons. The number of imide groups is 1. The maximum atomic E-state index is 13.1. The largest absolute Gasteiger partial charge is 0.465 e. The highest BCUT2D eigenvalue weighted by Gasteiger charge is 2.41. The van der Waals surface area contributed by atoms with Crippen LogP contribution in [0, 0.1) is 0 Å². The van der Waals surface area contributed by atoms with E-state index in [4.69, 9.17) is 16.3 Å². The van der Waals surface area contributed by atoms with Crippen LogP contribution in [-0.4, -0.2) is 29.8 Å². The van der Waals surface area contributed by atoms with E-state index in [0.717, 1.165) is 5.56 Å². The summed E-state index contributed by atoms with van der Waals surface area (Å²) in [5.41, 5.74) is 2.56. The Balaban J connectivity index is 1.82. The normalized spacial score (nSPS) is 13.9. The van der Waals surface area contributed by atoms with Crippen molar-refractivity contribution in [1.82, 2.24) is 4.90 Å². The molecule has 6 heteroatoms. The molecule has 0 aromatic heterocycles. The smallest absolute Gasteiger partial charge is 0.337 e. The lowest BCUT2D eigenvalue weighted by molar-refractivity contribution is 0.0589. The number of amides is 2. The molecule has 0 saturated carbocycles. The molecule has 0 saturated heterocycles. The van der Waals surface area contributed by atoms with Crippen LogP contribution in [0.2, 0.25) is 5.02 Å². The Morgan fingerprint density at radius 2 is 1.31 bits per heavy atom. The third-order valence-electron chi connectivity index (χ3n) is 4.92. The van der Waals surface area contributed by atoms with E-state index in [2.05, 4.69) is 0 Å². The number of hydrogen-bond donors (Lipinski definition) is 0. The van der Waals surface area contributed by atoms with Gasteiger partial charge >= 0.3 is 5.97 Å². The highest BCUT2D eigenvalue weighted by Crippen LogP contribution is 2.36. The number of halogens is 1. The van der Waals surface area contributed by atoms with Crippen molar-refractivity contribution >= 4 is 29.4 Å². The van der Waals surface area contributed by atoms with Crippen LogP contribution in [0.15, 0.2) is 72.8 Å². The van der Waals surface area contributed by atoms with E-state index in [0.29, 0.717) is 27.3 Å². The van der Waals surface area contributed by atoms with Crippen LogP contribution in [0.4, 0.5) is 0 Å². The van der Waals surface area contributed by atoms with Crippen LogP contribution >= 0.6 is 11.6 Å². The molecule has 5 nitrogen and oxygen atoms in total. The van der Waals surface area contributed by atoms with Crippen LogP contribution in [0.3, 0.4) is 0 Å². The number of hydrogen-bond acceptors (Lipinski definition) is 4. The molecule has 4 rings (SSSR count). The average molecular weight is 406 g/mol. The minimum Gasteiger partial charge on any atom is -0.465 e. The highest BCUT2D eigenvalue weighted by molar-refractivity contribution is 6.30. The molecule has 3 aromatic rings.